The number of carbonyl (C=O) groups excluding carboxylic acids is 1. The van der Waals surface area contributed by atoms with Gasteiger partial charge in [0, 0.05) is 32.6 Å². The van der Waals surface area contributed by atoms with Gasteiger partial charge in [-0.2, -0.15) is 0 Å². The number of likely N-dealkylation sites (tertiary alicyclic amines) is 1. The molecule has 3 atom stereocenters. The fraction of sp³-hybridized carbons (Fsp3) is 0.909. The Morgan fingerprint density at radius 2 is 2.00 bits per heavy atom. The Labute approximate surface area is 87.1 Å². The molecule has 1 amide bonds. The number of amides is 1. The van der Waals surface area contributed by atoms with Crippen LogP contribution in [0.4, 0.5) is 0 Å². The van der Waals surface area contributed by atoms with Crippen molar-refractivity contribution in [2.75, 3.05) is 20.6 Å². The summed E-state index contributed by atoms with van der Waals surface area (Å²) in [6.45, 7) is 7.22. The quantitative estimate of drug-likeness (QED) is 0.632. The summed E-state index contributed by atoms with van der Waals surface area (Å²) in [6.07, 6.45) is 1.10. The molecular formula is C11H22N2O. The average molecular weight is 198 g/mol. The highest BCUT2D eigenvalue weighted by molar-refractivity contribution is 5.73. The van der Waals surface area contributed by atoms with E-state index in [1.807, 2.05) is 11.9 Å². The van der Waals surface area contributed by atoms with E-state index in [4.69, 9.17) is 0 Å². The van der Waals surface area contributed by atoms with Gasteiger partial charge in [-0.1, -0.05) is 6.92 Å². The van der Waals surface area contributed by atoms with Crippen LogP contribution >= 0.6 is 0 Å². The second kappa shape index (κ2) is 4.30. The van der Waals surface area contributed by atoms with Crippen molar-refractivity contribution in [1.29, 1.82) is 0 Å². The number of hydrogen-bond donors (Lipinski definition) is 0. The van der Waals surface area contributed by atoms with Crippen LogP contribution in [0.5, 0.6) is 0 Å². The maximum Gasteiger partial charge on any atom is 0.219 e. The number of hydrogen-bond acceptors (Lipinski definition) is 2. The molecule has 0 aromatic carbocycles. The van der Waals surface area contributed by atoms with Crippen LogP contribution in [0.1, 0.15) is 27.2 Å². The van der Waals surface area contributed by atoms with E-state index in [1.165, 1.54) is 0 Å². The fourth-order valence-electron chi connectivity index (χ4n) is 2.31. The Morgan fingerprint density at radius 1 is 1.43 bits per heavy atom. The van der Waals surface area contributed by atoms with Crippen LogP contribution in [-0.2, 0) is 4.79 Å². The monoisotopic (exact) mass is 198 g/mol. The molecule has 3 unspecified atom stereocenters. The summed E-state index contributed by atoms with van der Waals surface area (Å²) in [5.74, 6) is 0.737. The first-order valence-electron chi connectivity index (χ1n) is 5.38. The van der Waals surface area contributed by atoms with Crippen molar-refractivity contribution < 1.29 is 4.79 Å². The summed E-state index contributed by atoms with van der Waals surface area (Å²) < 4.78 is 0. The van der Waals surface area contributed by atoms with E-state index in [0.717, 1.165) is 13.0 Å². The third-order valence-corrected chi connectivity index (χ3v) is 3.83. The molecule has 3 heteroatoms. The molecule has 82 valence electrons. The zero-order chi connectivity index (χ0) is 10.9. The first-order valence-corrected chi connectivity index (χ1v) is 5.38. The van der Waals surface area contributed by atoms with Gasteiger partial charge in [-0.3, -0.25) is 4.79 Å². The van der Waals surface area contributed by atoms with Gasteiger partial charge in [0.15, 0.2) is 0 Å². The van der Waals surface area contributed by atoms with Gasteiger partial charge >= 0.3 is 0 Å². The van der Waals surface area contributed by atoms with E-state index < -0.39 is 0 Å². The maximum atomic E-state index is 11.3. The second-order valence-corrected chi connectivity index (χ2v) is 4.57. The second-order valence-electron chi connectivity index (χ2n) is 4.57. The minimum atomic E-state index is 0.179. The molecule has 1 fully saturated rings. The van der Waals surface area contributed by atoms with Gasteiger partial charge in [-0.05, 0) is 26.3 Å². The Bertz CT molecular complexity index is 217. The smallest absolute Gasteiger partial charge is 0.219 e. The van der Waals surface area contributed by atoms with Crippen LogP contribution in [0.25, 0.3) is 0 Å². The molecule has 0 aromatic heterocycles. The molecule has 1 aliphatic heterocycles. The SMILES string of the molecule is CC(=O)N(C)C1CCN(C)C(C)C1C. The molecule has 0 bridgehead atoms. The highest BCUT2D eigenvalue weighted by atomic mass is 16.2. The lowest BCUT2D eigenvalue weighted by molar-refractivity contribution is -0.132. The van der Waals surface area contributed by atoms with Gasteiger partial charge < -0.3 is 9.80 Å². The normalized spacial score (nSPS) is 34.2. The van der Waals surface area contributed by atoms with Crippen molar-refractivity contribution in [3.8, 4) is 0 Å². The fourth-order valence-corrected chi connectivity index (χ4v) is 2.31. The van der Waals surface area contributed by atoms with E-state index in [1.54, 1.807) is 6.92 Å². The van der Waals surface area contributed by atoms with E-state index in [2.05, 4.69) is 25.8 Å². The van der Waals surface area contributed by atoms with Gasteiger partial charge in [0.1, 0.15) is 0 Å². The zero-order valence-electron chi connectivity index (χ0n) is 9.95. The molecule has 0 spiro atoms. The van der Waals surface area contributed by atoms with Crippen molar-refractivity contribution in [1.82, 2.24) is 9.80 Å². The molecule has 14 heavy (non-hydrogen) atoms. The van der Waals surface area contributed by atoms with Crippen molar-refractivity contribution in [3.63, 3.8) is 0 Å². The molecule has 1 saturated heterocycles. The van der Waals surface area contributed by atoms with E-state index in [0.29, 0.717) is 18.0 Å². The predicted molar refractivity (Wildman–Crippen MR) is 58.1 cm³/mol. The van der Waals surface area contributed by atoms with Crippen molar-refractivity contribution in [2.45, 2.75) is 39.3 Å². The summed E-state index contributed by atoms with van der Waals surface area (Å²) >= 11 is 0. The van der Waals surface area contributed by atoms with Gasteiger partial charge in [0.2, 0.25) is 5.91 Å². The molecule has 0 N–H and O–H groups in total. The Balaban J connectivity index is 2.67. The van der Waals surface area contributed by atoms with Crippen LogP contribution in [0, 0.1) is 5.92 Å². The van der Waals surface area contributed by atoms with Crippen LogP contribution in [0.15, 0.2) is 0 Å². The van der Waals surface area contributed by atoms with Crippen LogP contribution in [0.2, 0.25) is 0 Å². The molecule has 0 aromatic rings. The zero-order valence-corrected chi connectivity index (χ0v) is 9.95. The number of rotatable bonds is 1. The topological polar surface area (TPSA) is 23.6 Å². The van der Waals surface area contributed by atoms with Gasteiger partial charge in [-0.25, -0.2) is 0 Å². The van der Waals surface area contributed by atoms with Gasteiger partial charge in [0.05, 0.1) is 0 Å². The molecule has 1 heterocycles. The summed E-state index contributed by atoms with van der Waals surface area (Å²) in [5, 5.41) is 0. The molecule has 1 rings (SSSR count). The third-order valence-electron chi connectivity index (χ3n) is 3.83. The van der Waals surface area contributed by atoms with Gasteiger partial charge in [-0.15, -0.1) is 0 Å². The lowest BCUT2D eigenvalue weighted by Gasteiger charge is -2.44. The summed E-state index contributed by atoms with van der Waals surface area (Å²) in [4.78, 5) is 15.6. The molecule has 0 radical (unpaired) electrons. The van der Waals surface area contributed by atoms with Crippen LogP contribution in [-0.4, -0.2) is 48.4 Å². The maximum absolute atomic E-state index is 11.3. The van der Waals surface area contributed by atoms with Crippen molar-refractivity contribution in [2.24, 2.45) is 5.92 Å². The first kappa shape index (κ1) is 11.5. The lowest BCUT2D eigenvalue weighted by atomic mass is 9.86. The number of nitrogens with zero attached hydrogens (tertiary/aromatic N) is 2. The third kappa shape index (κ3) is 2.08. The van der Waals surface area contributed by atoms with Crippen LogP contribution in [0.3, 0.4) is 0 Å². The van der Waals surface area contributed by atoms with Crippen LogP contribution < -0.4 is 0 Å². The molecule has 0 saturated carbocycles. The first-order chi connectivity index (χ1) is 6.45. The minimum Gasteiger partial charge on any atom is -0.343 e. The molecular weight excluding hydrogens is 176 g/mol. The molecule has 3 nitrogen and oxygen atoms in total. The molecule has 1 aliphatic rings. The highest BCUT2D eigenvalue weighted by Crippen LogP contribution is 2.25. The van der Waals surface area contributed by atoms with Crippen molar-refractivity contribution >= 4 is 5.91 Å². The Kier molecular flexibility index (Phi) is 3.53. The van der Waals surface area contributed by atoms with Crippen molar-refractivity contribution in [3.05, 3.63) is 0 Å². The standard InChI is InChI=1S/C11H22N2O/c1-8-9(2)12(4)7-6-11(8)13(5)10(3)14/h8-9,11H,6-7H2,1-5H3. The largest absolute Gasteiger partial charge is 0.343 e. The number of carbonyl (C=O) groups is 1. The summed E-state index contributed by atoms with van der Waals surface area (Å²) in [7, 11) is 4.08. The van der Waals surface area contributed by atoms with E-state index >= 15 is 0 Å². The van der Waals surface area contributed by atoms with E-state index in [9.17, 15) is 4.79 Å². The van der Waals surface area contributed by atoms with E-state index in [-0.39, 0.29) is 5.91 Å². The van der Waals surface area contributed by atoms with Gasteiger partial charge in [0.25, 0.3) is 0 Å². The Hall–Kier alpha value is -0.570. The average Bonchev–Trinajstić information content (AvgIpc) is 2.13. The minimum absolute atomic E-state index is 0.179. The Morgan fingerprint density at radius 3 is 2.50 bits per heavy atom. The number of piperidine rings is 1. The summed E-state index contributed by atoms with van der Waals surface area (Å²) in [5.41, 5.74) is 0. The summed E-state index contributed by atoms with van der Waals surface area (Å²) in [6, 6.07) is 0.981. The predicted octanol–water partition coefficient (Wildman–Crippen LogP) is 1.19. The highest BCUT2D eigenvalue weighted by Gasteiger charge is 2.33. The molecule has 0 aliphatic carbocycles. The lowest BCUT2D eigenvalue weighted by Crippen LogP contribution is -2.53.